The predicted octanol–water partition coefficient (Wildman–Crippen LogP) is 10.2. The van der Waals surface area contributed by atoms with Crippen molar-refractivity contribution < 1.29 is 23.9 Å². The second kappa shape index (κ2) is 22.7. The summed E-state index contributed by atoms with van der Waals surface area (Å²) in [6.45, 7) is 8.18. The highest BCUT2D eigenvalue weighted by Crippen LogP contribution is 2.36. The quantitative estimate of drug-likeness (QED) is 0.145. The Kier molecular flexibility index (Phi) is 16.6. The van der Waals surface area contributed by atoms with E-state index in [9.17, 15) is 5.11 Å². The van der Waals surface area contributed by atoms with Gasteiger partial charge in [-0.2, -0.15) is 15.3 Å². The zero-order valence-corrected chi connectivity index (χ0v) is 39.0. The minimum Gasteiger partial charge on any atom is -0.508 e. The molecule has 14 nitrogen and oxygen atoms in total. The van der Waals surface area contributed by atoms with Crippen molar-refractivity contribution in [3.63, 3.8) is 0 Å². The summed E-state index contributed by atoms with van der Waals surface area (Å²) in [5, 5.41) is 22.3. The Morgan fingerprint density at radius 3 is 1.52 bits per heavy atom. The van der Waals surface area contributed by atoms with Gasteiger partial charge in [0.05, 0.1) is 65.5 Å². The van der Waals surface area contributed by atoms with E-state index >= 15 is 0 Å². The largest absolute Gasteiger partial charge is 0.508 e. The number of aromatic hydroxyl groups is 1. The maximum absolute atomic E-state index is 9.45. The van der Waals surface area contributed by atoms with Gasteiger partial charge in [0, 0.05) is 96.1 Å². The summed E-state index contributed by atoms with van der Waals surface area (Å²) in [6.07, 6.45) is 21.8. The highest BCUT2D eigenvalue weighted by Gasteiger charge is 2.51. The lowest BCUT2D eigenvalue weighted by atomic mass is 9.80. The van der Waals surface area contributed by atoms with Crippen molar-refractivity contribution in [2.45, 2.75) is 46.3 Å². The molecule has 0 atom stereocenters. The Hall–Kier alpha value is -7.40. The molecule has 0 radical (unpaired) electrons. The number of benzene rings is 3. The van der Waals surface area contributed by atoms with Gasteiger partial charge in [-0.3, -0.25) is 15.0 Å². The van der Waals surface area contributed by atoms with Crippen LogP contribution < -0.4 is 14.9 Å². The third kappa shape index (κ3) is 12.9. The first kappa shape index (κ1) is 49.0. The topological polar surface area (TPSA) is 149 Å². The van der Waals surface area contributed by atoms with Crippen LogP contribution in [0.1, 0.15) is 35.1 Å². The minimum atomic E-state index is -0.302. The molecule has 1 N–H and O–H groups in total. The summed E-state index contributed by atoms with van der Waals surface area (Å²) in [5.41, 5.74) is 7.35. The molecule has 0 spiro atoms. The maximum Gasteiger partial charge on any atom is 0.496 e. The van der Waals surface area contributed by atoms with Gasteiger partial charge in [-0.15, -0.1) is 0 Å². The zero-order valence-electron chi connectivity index (χ0n) is 37.4. The Morgan fingerprint density at radius 2 is 1.03 bits per heavy atom. The molecule has 0 amide bonds. The second-order valence-electron chi connectivity index (χ2n) is 15.7. The van der Waals surface area contributed by atoms with Crippen LogP contribution in [0, 0.1) is 0 Å². The van der Waals surface area contributed by atoms with E-state index < -0.39 is 0 Å². The average Bonchev–Trinajstić information content (AvgIpc) is 4.18. The molecule has 1 aliphatic heterocycles. The lowest BCUT2D eigenvalue weighted by molar-refractivity contribution is 0.00578. The Morgan fingerprint density at radius 1 is 0.522 bits per heavy atom. The van der Waals surface area contributed by atoms with Crippen LogP contribution in [0.5, 0.6) is 17.2 Å². The number of phenols is 1. The van der Waals surface area contributed by atoms with E-state index in [4.69, 9.17) is 18.8 Å². The summed E-state index contributed by atoms with van der Waals surface area (Å²) < 4.78 is 28.4. The van der Waals surface area contributed by atoms with Gasteiger partial charge >= 0.3 is 7.12 Å². The van der Waals surface area contributed by atoms with Crippen LogP contribution >= 0.6 is 15.9 Å². The number of aromatic nitrogens is 9. The molecule has 16 heteroatoms. The first-order valence-corrected chi connectivity index (χ1v) is 21.6. The van der Waals surface area contributed by atoms with E-state index in [1.165, 1.54) is 0 Å². The Balaban J connectivity index is 0.000000148. The zero-order chi connectivity index (χ0) is 46.5. The van der Waals surface area contributed by atoms with Crippen molar-refractivity contribution >= 4 is 28.5 Å². The van der Waals surface area contributed by atoms with Crippen molar-refractivity contribution in [2.75, 3.05) is 14.2 Å². The van der Waals surface area contributed by atoms with Crippen molar-refractivity contribution in [3.8, 4) is 56.6 Å². The van der Waals surface area contributed by atoms with Gasteiger partial charge in [0.25, 0.3) is 0 Å². The molecular weight excluding hydrogens is 909 g/mol. The van der Waals surface area contributed by atoms with Gasteiger partial charge in [-0.25, -0.2) is 14.0 Å². The molecule has 67 heavy (non-hydrogen) atoms. The van der Waals surface area contributed by atoms with E-state index in [0.29, 0.717) is 0 Å². The first-order valence-electron chi connectivity index (χ1n) is 20.9. The van der Waals surface area contributed by atoms with Crippen LogP contribution in [0.2, 0.25) is 0 Å². The lowest BCUT2D eigenvalue weighted by Gasteiger charge is -2.32. The van der Waals surface area contributed by atoms with Gasteiger partial charge in [0.15, 0.2) is 0 Å². The number of halogens is 1. The van der Waals surface area contributed by atoms with E-state index in [1.807, 2.05) is 154 Å². The Bertz CT molecular complexity index is 2900. The van der Waals surface area contributed by atoms with Gasteiger partial charge in [0.1, 0.15) is 17.2 Å². The molecule has 9 aromatic rings. The number of phenolic OH excluding ortho intramolecular Hbond substituents is 1. The van der Waals surface area contributed by atoms with E-state index in [-0.39, 0.29) is 31.5 Å². The van der Waals surface area contributed by atoms with E-state index in [0.717, 1.165) is 60.8 Å². The van der Waals surface area contributed by atoms with Crippen LogP contribution in [0.3, 0.4) is 0 Å². The lowest BCUT2D eigenvalue weighted by Crippen LogP contribution is -2.41. The third-order valence-electron chi connectivity index (χ3n) is 10.7. The molecule has 0 unspecified atom stereocenters. The highest BCUT2D eigenvalue weighted by atomic mass is 79.9. The van der Waals surface area contributed by atoms with Crippen LogP contribution in [0.25, 0.3) is 39.3 Å². The van der Waals surface area contributed by atoms with Gasteiger partial charge in [-0.05, 0) is 110 Å². The normalized spacial score (nSPS) is 13.0. The number of hydrogen-bond donors (Lipinski definition) is 1. The molecule has 1 fully saturated rings. The standard InChI is InChI=1S/C15H13N3O.C14H11N3O.C11H16BNO2.C10H9BrN2O.CH4/c1-19-15-6-2-5-14(8-15)18-11-13(10-17-18)12-4-3-7-16-9-12;18-14-3-1-2-13(8-14)17-10-12(9-16-17)11-4-6-15-7-5-11;1-10(2)11(3,4)15-12(14-10)9-6-5-7-13-8-9;1-14-10-4-2-3-9(5-10)13-7-8(11)6-12-13;/h2-11H,1H3;1-10,18H;5-8H,1-4H3;2-7H,1H3;1H4. The summed E-state index contributed by atoms with van der Waals surface area (Å²) in [5.74, 6) is 1.87. The molecule has 1 saturated heterocycles. The SMILES string of the molecule is C.CC1(C)OB(c2cccnc2)OC1(C)C.COc1cccc(-n2cc(-c3cccnc3)cn2)c1.COc1cccc(-n2cc(Br)cn2)c1.Oc1cccc(-n2cc(-c3ccncc3)cn2)c1. The summed E-state index contributed by atoms with van der Waals surface area (Å²) in [4.78, 5) is 12.2. The first-order chi connectivity index (χ1) is 31.9. The number of pyridine rings is 3. The second-order valence-corrected chi connectivity index (χ2v) is 16.6. The molecule has 0 aliphatic carbocycles. The molecule has 342 valence electrons. The van der Waals surface area contributed by atoms with Crippen molar-refractivity contribution in [1.82, 2.24) is 44.3 Å². The molecule has 0 bridgehead atoms. The number of nitrogens with zero attached hydrogens (tertiary/aromatic N) is 9. The van der Waals surface area contributed by atoms with E-state index in [1.54, 1.807) is 85.2 Å². The number of ether oxygens (including phenoxy) is 2. The fraction of sp³-hybridized carbons (Fsp3) is 0.176. The van der Waals surface area contributed by atoms with Gasteiger partial charge in [-0.1, -0.05) is 37.8 Å². The number of hydrogen-bond acceptors (Lipinski definition) is 11. The smallest absolute Gasteiger partial charge is 0.496 e. The molecule has 6 aromatic heterocycles. The third-order valence-corrected chi connectivity index (χ3v) is 11.1. The van der Waals surface area contributed by atoms with Gasteiger partial charge < -0.3 is 23.9 Å². The fourth-order valence-corrected chi connectivity index (χ4v) is 6.67. The summed E-state index contributed by atoms with van der Waals surface area (Å²) in [7, 11) is 3.00. The monoisotopic (exact) mass is 961 g/mol. The maximum atomic E-state index is 9.45. The summed E-state index contributed by atoms with van der Waals surface area (Å²) >= 11 is 3.35. The predicted molar refractivity (Wildman–Crippen MR) is 266 cm³/mol. The molecule has 0 saturated carbocycles. The van der Waals surface area contributed by atoms with Crippen LogP contribution in [-0.2, 0) is 9.31 Å². The van der Waals surface area contributed by atoms with Crippen LogP contribution in [0.4, 0.5) is 0 Å². The highest BCUT2D eigenvalue weighted by molar-refractivity contribution is 9.10. The van der Waals surface area contributed by atoms with Crippen molar-refractivity contribution in [2.24, 2.45) is 0 Å². The Labute approximate surface area is 400 Å². The van der Waals surface area contributed by atoms with Crippen molar-refractivity contribution in [1.29, 1.82) is 0 Å². The average molecular weight is 963 g/mol. The molecule has 7 heterocycles. The van der Waals surface area contributed by atoms with Gasteiger partial charge in [0.2, 0.25) is 0 Å². The molecule has 10 rings (SSSR count). The van der Waals surface area contributed by atoms with Crippen molar-refractivity contribution in [3.05, 3.63) is 188 Å². The molecular formula is C51H53BBrN9O5. The molecule has 1 aliphatic rings. The van der Waals surface area contributed by atoms with Crippen LogP contribution in [-0.4, -0.2) is 81.9 Å². The van der Waals surface area contributed by atoms with E-state index in [2.05, 4.69) is 46.2 Å². The molecule has 3 aromatic carbocycles. The number of methoxy groups -OCH3 is 2. The minimum absolute atomic E-state index is 0. The summed E-state index contributed by atoms with van der Waals surface area (Å²) in [6, 6.07) is 34.2. The van der Waals surface area contributed by atoms with Crippen LogP contribution in [0.15, 0.2) is 188 Å². The number of rotatable bonds is 8. The fourth-order valence-electron chi connectivity index (χ4n) is 6.38.